The number of aliphatic hydroxyl groups is 1. The van der Waals surface area contributed by atoms with Crippen molar-refractivity contribution in [1.29, 1.82) is 0 Å². The maximum absolute atomic E-state index is 12.5. The van der Waals surface area contributed by atoms with Crippen molar-refractivity contribution in [1.82, 2.24) is 0 Å². The smallest absolute Gasteiger partial charge is 0.220 e. The van der Waals surface area contributed by atoms with E-state index in [0.717, 1.165) is 23.1 Å². The Bertz CT molecular complexity index is 1020. The van der Waals surface area contributed by atoms with Gasteiger partial charge in [0.2, 0.25) is 5.78 Å². The van der Waals surface area contributed by atoms with Gasteiger partial charge in [-0.1, -0.05) is 57.1 Å². The molecule has 0 aromatic heterocycles. The third-order valence-electron chi connectivity index (χ3n) is 10.4. The van der Waals surface area contributed by atoms with Crippen LogP contribution >= 0.6 is 0 Å². The quantitative estimate of drug-likeness (QED) is 0.435. The van der Waals surface area contributed by atoms with Crippen LogP contribution in [0, 0.1) is 27.6 Å². The van der Waals surface area contributed by atoms with Gasteiger partial charge >= 0.3 is 0 Å². The van der Waals surface area contributed by atoms with Gasteiger partial charge in [0.1, 0.15) is 0 Å². The van der Waals surface area contributed by atoms with Crippen LogP contribution in [-0.2, 0) is 4.79 Å². The van der Waals surface area contributed by atoms with E-state index < -0.39 is 0 Å². The van der Waals surface area contributed by atoms with E-state index >= 15 is 0 Å². The normalized spacial score (nSPS) is 45.3. The molecule has 1 N–H and O–H groups in total. The highest BCUT2D eigenvalue weighted by molar-refractivity contribution is 6.06. The minimum absolute atomic E-state index is 0.0878. The van der Waals surface area contributed by atoms with Crippen molar-refractivity contribution in [3.63, 3.8) is 0 Å². The predicted octanol–water partition coefficient (Wildman–Crippen LogP) is 7.16. The first-order valence-corrected chi connectivity index (χ1v) is 11.7. The Morgan fingerprint density at radius 1 is 1.00 bits per heavy atom. The van der Waals surface area contributed by atoms with Gasteiger partial charge in [-0.15, -0.1) is 0 Å². The summed E-state index contributed by atoms with van der Waals surface area (Å²) in [6, 6.07) is 0. The standard InChI is InChI=1S/C28H36O2/c1-17-9-10-25(3)11-13-27(5)22-8-7-19-18(2)24(30)21(29)16-20(19)26(22,4)12-14-28(27,6)23(25)15-17/h7-9,16,23,30H,10-15H2,1-6H3/t23-,25+,26-,27+,28-/m0/s1. The molecule has 0 aromatic carbocycles. The molecule has 5 atom stereocenters. The first kappa shape index (κ1) is 20.1. The SMILES string of the molecule is CC1=CC[C@]2(C)CC[C@]3(C)C4=CC=C5C(=CC(=O)C(O)=C5C)[C@]4(C)CC[C@@]3(C)[C@H]2C1. The molecule has 0 bridgehead atoms. The highest BCUT2D eigenvalue weighted by atomic mass is 16.3. The zero-order chi connectivity index (χ0) is 21.7. The molecule has 0 spiro atoms. The van der Waals surface area contributed by atoms with Crippen molar-refractivity contribution in [2.45, 2.75) is 80.1 Å². The molecule has 5 rings (SSSR count). The zero-order valence-electron chi connectivity index (χ0n) is 19.5. The fourth-order valence-electron chi connectivity index (χ4n) is 8.10. The van der Waals surface area contributed by atoms with Crippen molar-refractivity contribution in [3.05, 3.63) is 57.9 Å². The number of ketones is 1. The van der Waals surface area contributed by atoms with E-state index in [1.807, 2.05) is 6.92 Å². The molecule has 0 unspecified atom stereocenters. The molecule has 0 heterocycles. The number of rotatable bonds is 0. The van der Waals surface area contributed by atoms with Crippen LogP contribution in [0.25, 0.3) is 0 Å². The number of allylic oxidation sites excluding steroid dienone is 9. The van der Waals surface area contributed by atoms with E-state index in [1.54, 1.807) is 11.6 Å². The van der Waals surface area contributed by atoms with Crippen molar-refractivity contribution in [3.8, 4) is 0 Å². The second-order valence-electron chi connectivity index (χ2n) is 11.8. The molecule has 0 aliphatic heterocycles. The van der Waals surface area contributed by atoms with Crippen LogP contribution in [-0.4, -0.2) is 10.9 Å². The largest absolute Gasteiger partial charge is 0.504 e. The molecule has 2 saturated carbocycles. The van der Waals surface area contributed by atoms with Gasteiger partial charge in [0.15, 0.2) is 5.76 Å². The average molecular weight is 405 g/mol. The summed E-state index contributed by atoms with van der Waals surface area (Å²) in [7, 11) is 0. The Kier molecular flexibility index (Phi) is 3.95. The monoisotopic (exact) mass is 404 g/mol. The molecule has 2 nitrogen and oxygen atoms in total. The number of aliphatic hydroxyl groups excluding tert-OH is 1. The van der Waals surface area contributed by atoms with Gasteiger partial charge in [-0.25, -0.2) is 0 Å². The Morgan fingerprint density at radius 2 is 1.73 bits per heavy atom. The fourth-order valence-corrected chi connectivity index (χ4v) is 8.10. The van der Waals surface area contributed by atoms with E-state index in [0.29, 0.717) is 11.3 Å². The van der Waals surface area contributed by atoms with Crippen molar-refractivity contribution >= 4 is 5.78 Å². The van der Waals surface area contributed by atoms with E-state index in [4.69, 9.17) is 0 Å². The molecular formula is C28H36O2. The average Bonchev–Trinajstić information content (AvgIpc) is 2.70. The topological polar surface area (TPSA) is 37.3 Å². The highest BCUT2D eigenvalue weighted by Gasteiger charge is 2.65. The van der Waals surface area contributed by atoms with E-state index in [2.05, 4.69) is 52.8 Å². The molecule has 5 aliphatic carbocycles. The molecule has 2 fully saturated rings. The summed E-state index contributed by atoms with van der Waals surface area (Å²) < 4.78 is 0. The summed E-state index contributed by atoms with van der Waals surface area (Å²) in [6.07, 6.45) is 16.0. The number of fused-ring (bicyclic) bond motifs is 7. The first-order valence-electron chi connectivity index (χ1n) is 11.7. The van der Waals surface area contributed by atoms with Crippen LogP contribution in [0.5, 0.6) is 0 Å². The van der Waals surface area contributed by atoms with E-state index in [-0.39, 0.29) is 27.8 Å². The Morgan fingerprint density at radius 3 is 2.47 bits per heavy atom. The summed E-state index contributed by atoms with van der Waals surface area (Å²) in [5, 5.41) is 10.2. The van der Waals surface area contributed by atoms with Crippen LogP contribution in [0.2, 0.25) is 0 Å². The van der Waals surface area contributed by atoms with Crippen LogP contribution in [0.1, 0.15) is 80.1 Å². The third kappa shape index (κ3) is 2.23. The Hall–Kier alpha value is -1.83. The molecule has 0 saturated heterocycles. The molecule has 2 heteroatoms. The Labute approximate surface area is 181 Å². The summed E-state index contributed by atoms with van der Waals surface area (Å²) in [4.78, 5) is 12.5. The lowest BCUT2D eigenvalue weighted by atomic mass is 9.35. The molecule has 5 aliphatic rings. The predicted molar refractivity (Wildman–Crippen MR) is 122 cm³/mol. The lowest BCUT2D eigenvalue weighted by molar-refractivity contribution is -0.126. The molecule has 0 radical (unpaired) electrons. The maximum atomic E-state index is 12.5. The van der Waals surface area contributed by atoms with Crippen molar-refractivity contribution in [2.24, 2.45) is 27.6 Å². The number of carbonyl (C=O) groups is 1. The molecule has 0 amide bonds. The summed E-state index contributed by atoms with van der Waals surface area (Å²) in [6.45, 7) is 14.2. The van der Waals surface area contributed by atoms with Gasteiger partial charge in [0, 0.05) is 11.0 Å². The highest BCUT2D eigenvalue weighted by Crippen LogP contribution is 2.74. The van der Waals surface area contributed by atoms with Gasteiger partial charge in [-0.05, 0) is 91.8 Å². The minimum Gasteiger partial charge on any atom is -0.504 e. The summed E-state index contributed by atoms with van der Waals surface area (Å²) >= 11 is 0. The van der Waals surface area contributed by atoms with E-state index in [9.17, 15) is 9.90 Å². The second kappa shape index (κ2) is 5.90. The van der Waals surface area contributed by atoms with Gasteiger partial charge < -0.3 is 5.11 Å². The molecular weight excluding hydrogens is 368 g/mol. The van der Waals surface area contributed by atoms with Crippen LogP contribution in [0.15, 0.2) is 57.9 Å². The van der Waals surface area contributed by atoms with Gasteiger partial charge in [-0.2, -0.15) is 0 Å². The number of hydrogen-bond donors (Lipinski definition) is 1. The maximum Gasteiger partial charge on any atom is 0.220 e. The number of hydrogen-bond acceptors (Lipinski definition) is 2. The summed E-state index contributed by atoms with van der Waals surface area (Å²) in [5.74, 6) is 0.386. The van der Waals surface area contributed by atoms with E-state index in [1.165, 1.54) is 37.7 Å². The second-order valence-corrected chi connectivity index (χ2v) is 11.8. The lowest BCUT2D eigenvalue weighted by Crippen LogP contribution is -2.60. The third-order valence-corrected chi connectivity index (χ3v) is 10.4. The van der Waals surface area contributed by atoms with Crippen LogP contribution < -0.4 is 0 Å². The summed E-state index contributed by atoms with van der Waals surface area (Å²) in [5.41, 5.74) is 6.69. The van der Waals surface area contributed by atoms with Gasteiger partial charge in [0.25, 0.3) is 0 Å². The van der Waals surface area contributed by atoms with Gasteiger partial charge in [0.05, 0.1) is 0 Å². The zero-order valence-corrected chi connectivity index (χ0v) is 19.5. The fraction of sp³-hybridized carbons (Fsp3) is 0.607. The molecule has 30 heavy (non-hydrogen) atoms. The first-order chi connectivity index (χ1) is 14.0. The van der Waals surface area contributed by atoms with Crippen molar-refractivity contribution < 1.29 is 9.90 Å². The number of carbonyl (C=O) groups excluding carboxylic acids is 1. The minimum atomic E-state index is -0.232. The van der Waals surface area contributed by atoms with Crippen LogP contribution in [0.4, 0.5) is 0 Å². The van der Waals surface area contributed by atoms with Gasteiger partial charge in [-0.3, -0.25) is 4.79 Å². The lowest BCUT2D eigenvalue weighted by Gasteiger charge is -2.68. The molecule has 160 valence electrons. The Balaban J connectivity index is 1.67. The molecule has 0 aromatic rings. The van der Waals surface area contributed by atoms with Crippen molar-refractivity contribution in [2.75, 3.05) is 0 Å². The van der Waals surface area contributed by atoms with Crippen LogP contribution in [0.3, 0.4) is 0 Å².